The first-order valence-electron chi connectivity index (χ1n) is 17.1. The number of amides is 3. The fraction of sp³-hybridized carbons (Fsp3) is 0.378. The number of cyclic esters (lactones) is 1. The molecule has 3 unspecified atom stereocenters. The largest absolute Gasteiger partial charge is 0.435 e. The van der Waals surface area contributed by atoms with Gasteiger partial charge in [0.1, 0.15) is 17.4 Å². The van der Waals surface area contributed by atoms with Crippen molar-refractivity contribution in [2.45, 2.75) is 70.1 Å². The molecule has 0 saturated carbocycles. The summed E-state index contributed by atoms with van der Waals surface area (Å²) in [5.74, 6) is 0.857. The molecule has 3 amide bonds. The maximum Gasteiger partial charge on any atom is 0.427 e. The molecule has 0 radical (unpaired) electrons. The van der Waals surface area contributed by atoms with Crippen molar-refractivity contribution in [2.24, 2.45) is 5.73 Å². The van der Waals surface area contributed by atoms with Gasteiger partial charge in [0, 0.05) is 56.3 Å². The number of rotatable bonds is 14. The minimum atomic E-state index is -0.868. The highest BCUT2D eigenvalue weighted by Gasteiger charge is 2.46. The first-order valence-corrected chi connectivity index (χ1v) is 17.1. The fourth-order valence-electron chi connectivity index (χ4n) is 6.58. The summed E-state index contributed by atoms with van der Waals surface area (Å²) in [6.07, 6.45) is 1.93. The van der Waals surface area contributed by atoms with Gasteiger partial charge < -0.3 is 24.9 Å². The highest BCUT2D eigenvalue weighted by atomic mass is 35.5. The van der Waals surface area contributed by atoms with Crippen LogP contribution in [-0.2, 0) is 33.5 Å². The second-order valence-corrected chi connectivity index (χ2v) is 12.6. The number of benzene rings is 3. The summed E-state index contributed by atoms with van der Waals surface area (Å²) in [5, 5.41) is 9.50. The van der Waals surface area contributed by atoms with Crippen LogP contribution in [0.1, 0.15) is 55.1 Å². The fourth-order valence-corrected chi connectivity index (χ4v) is 6.58. The van der Waals surface area contributed by atoms with Crippen LogP contribution in [0.2, 0.25) is 0 Å². The topological polar surface area (TPSA) is 176 Å². The van der Waals surface area contributed by atoms with Gasteiger partial charge in [0.05, 0.1) is 11.0 Å². The maximum absolute atomic E-state index is 13.5. The van der Waals surface area contributed by atoms with Crippen LogP contribution in [0.25, 0.3) is 11.0 Å². The van der Waals surface area contributed by atoms with Crippen LogP contribution < -0.4 is 15.9 Å². The number of imide groups is 1. The third-order valence-corrected chi connectivity index (χ3v) is 9.16. The third kappa shape index (κ3) is 10.0. The lowest BCUT2D eigenvalue weighted by molar-refractivity contribution is -0.132. The molecule has 0 bridgehead atoms. The Labute approximate surface area is 314 Å². The van der Waals surface area contributed by atoms with Gasteiger partial charge in [-0.05, 0) is 62.3 Å². The van der Waals surface area contributed by atoms with Gasteiger partial charge in [0.15, 0.2) is 6.10 Å². The molecule has 0 spiro atoms. The number of nitrogens with two attached hydrogens (primary N) is 1. The molecule has 52 heavy (non-hydrogen) atoms. The highest BCUT2D eigenvalue weighted by Crippen LogP contribution is 2.29. The van der Waals surface area contributed by atoms with Gasteiger partial charge in [-0.25, -0.2) is 24.5 Å². The molecule has 5 N–H and O–H groups in total. The van der Waals surface area contributed by atoms with E-state index in [4.69, 9.17) is 25.4 Å². The zero-order valence-corrected chi connectivity index (χ0v) is 30.5. The van der Waals surface area contributed by atoms with Crippen molar-refractivity contribution < 1.29 is 28.6 Å². The molecule has 278 valence electrons. The quantitative estimate of drug-likeness (QED) is 0.0713. The number of carbonyl (C=O) groups excluding carboxylic acids is 3. The van der Waals surface area contributed by atoms with Crippen molar-refractivity contribution in [3.63, 3.8) is 0 Å². The number of hydrogen-bond donors (Lipinski definition) is 4. The van der Waals surface area contributed by atoms with Crippen molar-refractivity contribution in [3.05, 3.63) is 95.3 Å². The lowest BCUT2D eigenvalue weighted by Crippen LogP contribution is -2.57. The van der Waals surface area contributed by atoms with Gasteiger partial charge in [0.25, 0.3) is 5.91 Å². The van der Waals surface area contributed by atoms with Crippen molar-refractivity contribution in [2.75, 3.05) is 19.8 Å². The predicted octanol–water partition coefficient (Wildman–Crippen LogP) is 5.72. The Kier molecular flexibility index (Phi) is 14.4. The number of aromatic nitrogens is 2. The summed E-state index contributed by atoms with van der Waals surface area (Å²) in [6, 6.07) is 21.6. The molecule has 2 saturated heterocycles. The van der Waals surface area contributed by atoms with E-state index in [2.05, 4.69) is 15.4 Å². The van der Waals surface area contributed by atoms with Gasteiger partial charge in [-0.1, -0.05) is 54.6 Å². The second-order valence-electron chi connectivity index (χ2n) is 12.6. The minimum absolute atomic E-state index is 0. The zero-order chi connectivity index (χ0) is 35.0. The SMILES string of the molecule is CCOCCCc1nc2cc(OC(=O)NN3CCC(N4C(=O)OC(Cc5ccccc5)C4=O)CC3CCc3ccc(C(=N)N)cc3)ccc2[nH]1.Cl.Cl. The number of amidine groups is 1. The lowest BCUT2D eigenvalue weighted by Gasteiger charge is -2.40. The van der Waals surface area contributed by atoms with Crippen LogP contribution in [0.3, 0.4) is 0 Å². The molecule has 2 aliphatic heterocycles. The Morgan fingerprint density at radius 1 is 1.06 bits per heavy atom. The molecule has 1 aromatic heterocycles. The van der Waals surface area contributed by atoms with Crippen molar-refractivity contribution in [1.82, 2.24) is 25.3 Å². The highest BCUT2D eigenvalue weighted by molar-refractivity contribution is 6.00. The molecule has 2 fully saturated rings. The first kappa shape index (κ1) is 40.1. The van der Waals surface area contributed by atoms with E-state index in [0.29, 0.717) is 68.7 Å². The lowest BCUT2D eigenvalue weighted by atomic mass is 9.92. The van der Waals surface area contributed by atoms with E-state index < -0.39 is 18.3 Å². The Hall–Kier alpha value is -4.69. The summed E-state index contributed by atoms with van der Waals surface area (Å²) in [4.78, 5) is 48.9. The molecule has 15 heteroatoms. The standard InChI is InChI=1S/C37H43N7O6.2ClH/c1-2-48-20-6-9-33-40-30-17-16-29(23-31(30)41-33)49-36(46)42-43-19-18-28(22-27(43)15-12-24-10-13-26(14-11-24)34(38)39)44-35(45)32(50-37(44)47)21-25-7-4-3-5-8-25;;/h3-5,7-8,10-11,13-14,16-17,23,27-28,32H,2,6,9,12,15,18-22H2,1H3,(H3,38,39)(H,40,41)(H,42,46);2*1H. The number of aromatic amines is 1. The molecule has 3 heterocycles. The second kappa shape index (κ2) is 18.7. The van der Waals surface area contributed by atoms with E-state index in [1.165, 1.54) is 4.90 Å². The van der Waals surface area contributed by atoms with Crippen LogP contribution in [-0.4, -0.2) is 81.8 Å². The number of nitrogens with one attached hydrogen (secondary N) is 3. The van der Waals surface area contributed by atoms with E-state index in [0.717, 1.165) is 35.3 Å². The van der Waals surface area contributed by atoms with Crippen molar-refractivity contribution in [1.29, 1.82) is 5.41 Å². The molecule has 4 aromatic rings. The molecule has 3 aromatic carbocycles. The van der Waals surface area contributed by atoms with Crippen LogP contribution in [0, 0.1) is 5.41 Å². The number of imidazole rings is 1. The zero-order valence-electron chi connectivity index (χ0n) is 28.9. The van der Waals surface area contributed by atoms with Crippen molar-refractivity contribution in [3.8, 4) is 5.75 Å². The van der Waals surface area contributed by atoms with Crippen LogP contribution >= 0.6 is 24.8 Å². The molecular formula is C37H45Cl2N7O6. The Morgan fingerprint density at radius 2 is 1.83 bits per heavy atom. The molecule has 3 atom stereocenters. The van der Waals surface area contributed by atoms with Gasteiger partial charge >= 0.3 is 12.2 Å². The Morgan fingerprint density at radius 3 is 2.56 bits per heavy atom. The summed E-state index contributed by atoms with van der Waals surface area (Å²) < 4.78 is 16.7. The molecule has 0 aliphatic carbocycles. The van der Waals surface area contributed by atoms with E-state index in [-0.39, 0.29) is 48.6 Å². The monoisotopic (exact) mass is 753 g/mol. The summed E-state index contributed by atoms with van der Waals surface area (Å²) in [7, 11) is 0. The number of ether oxygens (including phenoxy) is 3. The number of hydrazine groups is 1. The summed E-state index contributed by atoms with van der Waals surface area (Å²) in [6.45, 7) is 3.70. The number of fused-ring (bicyclic) bond motifs is 1. The molecular weight excluding hydrogens is 709 g/mol. The smallest absolute Gasteiger partial charge is 0.427 e. The van der Waals surface area contributed by atoms with Crippen LogP contribution in [0.15, 0.2) is 72.8 Å². The average Bonchev–Trinajstić information content (AvgIpc) is 3.64. The third-order valence-electron chi connectivity index (χ3n) is 9.16. The summed E-state index contributed by atoms with van der Waals surface area (Å²) >= 11 is 0. The number of H-pyrrole nitrogens is 1. The van der Waals surface area contributed by atoms with Gasteiger partial charge in [-0.15, -0.1) is 24.8 Å². The number of piperidine rings is 1. The number of hydrogen-bond acceptors (Lipinski definition) is 9. The number of carbonyl (C=O) groups is 3. The van der Waals surface area contributed by atoms with Gasteiger partial charge in [0.2, 0.25) is 0 Å². The first-order chi connectivity index (χ1) is 24.3. The van der Waals surface area contributed by atoms with E-state index in [1.54, 1.807) is 24.3 Å². The Balaban J connectivity index is 0.00000302. The van der Waals surface area contributed by atoms with Crippen LogP contribution in [0.4, 0.5) is 9.59 Å². The van der Waals surface area contributed by atoms with E-state index in [9.17, 15) is 14.4 Å². The molecule has 2 aliphatic rings. The van der Waals surface area contributed by atoms with E-state index in [1.807, 2.05) is 60.5 Å². The van der Waals surface area contributed by atoms with Crippen LogP contribution in [0.5, 0.6) is 5.75 Å². The normalized spacial score (nSPS) is 18.7. The van der Waals surface area contributed by atoms with Crippen molar-refractivity contribution >= 4 is 59.8 Å². The number of nitrogen functional groups attached to an aromatic ring is 1. The molecule has 13 nitrogen and oxygen atoms in total. The summed E-state index contributed by atoms with van der Waals surface area (Å²) in [5.41, 5.74) is 12.7. The average molecular weight is 755 g/mol. The van der Waals surface area contributed by atoms with Gasteiger partial charge in [-0.3, -0.25) is 15.6 Å². The number of aryl methyl sites for hydroxylation is 2. The minimum Gasteiger partial charge on any atom is -0.435 e. The number of halogens is 2. The van der Waals surface area contributed by atoms with E-state index >= 15 is 0 Å². The predicted molar refractivity (Wildman–Crippen MR) is 201 cm³/mol. The van der Waals surface area contributed by atoms with Gasteiger partial charge in [-0.2, -0.15) is 0 Å². The number of nitrogens with zero attached hydrogens (tertiary/aromatic N) is 3. The maximum atomic E-state index is 13.5. The Bertz CT molecular complexity index is 1820. The molecule has 6 rings (SSSR count).